The molecule has 2 heterocycles. The van der Waals surface area contributed by atoms with Crippen molar-refractivity contribution < 1.29 is 9.59 Å². The first kappa shape index (κ1) is 7.09. The standard InChI is InChI=1S/C8H8N2O2/c1-9-7(11)6-4-2-3-5-10(6)8(9)12/h2-4H,5H2,1H3. The first-order valence-corrected chi connectivity index (χ1v) is 3.68. The van der Waals surface area contributed by atoms with Crippen LogP contribution < -0.4 is 0 Å². The Balaban J connectivity index is 2.44. The number of allylic oxidation sites excluding steroid dienone is 2. The summed E-state index contributed by atoms with van der Waals surface area (Å²) in [5.41, 5.74) is 0.477. The Morgan fingerprint density at radius 3 is 2.83 bits per heavy atom. The molecule has 0 radical (unpaired) electrons. The molecule has 1 fully saturated rings. The summed E-state index contributed by atoms with van der Waals surface area (Å²) >= 11 is 0. The summed E-state index contributed by atoms with van der Waals surface area (Å²) in [4.78, 5) is 25.2. The van der Waals surface area contributed by atoms with Crippen molar-refractivity contribution in [1.82, 2.24) is 9.80 Å². The predicted molar refractivity (Wildman–Crippen MR) is 42.1 cm³/mol. The number of likely N-dealkylation sites (N-methyl/N-ethyl adjacent to an activating group) is 1. The van der Waals surface area contributed by atoms with Gasteiger partial charge in [0.2, 0.25) is 0 Å². The van der Waals surface area contributed by atoms with Crippen molar-refractivity contribution in [2.75, 3.05) is 13.6 Å². The highest BCUT2D eigenvalue weighted by molar-refractivity contribution is 6.11. The number of hydrogen-bond acceptors (Lipinski definition) is 2. The van der Waals surface area contributed by atoms with Gasteiger partial charge in [0.05, 0.1) is 0 Å². The van der Waals surface area contributed by atoms with Crippen molar-refractivity contribution in [3.63, 3.8) is 0 Å². The molecular formula is C8H8N2O2. The van der Waals surface area contributed by atoms with E-state index in [-0.39, 0.29) is 11.9 Å². The maximum Gasteiger partial charge on any atom is 0.331 e. The van der Waals surface area contributed by atoms with Crippen LogP contribution in [0.5, 0.6) is 0 Å². The summed E-state index contributed by atoms with van der Waals surface area (Å²) in [5.74, 6) is -0.218. The molecule has 0 aromatic heterocycles. The predicted octanol–water partition coefficient (Wildman–Crippen LogP) is 0.334. The van der Waals surface area contributed by atoms with E-state index in [1.807, 2.05) is 6.08 Å². The Morgan fingerprint density at radius 2 is 2.17 bits per heavy atom. The van der Waals surface area contributed by atoms with E-state index in [0.717, 1.165) is 4.90 Å². The van der Waals surface area contributed by atoms with Gasteiger partial charge in [-0.1, -0.05) is 12.2 Å². The lowest BCUT2D eigenvalue weighted by Gasteiger charge is -2.14. The molecular weight excluding hydrogens is 156 g/mol. The molecule has 0 aromatic rings. The SMILES string of the molecule is CN1C(=O)C2=CC=CCN2C1=O. The molecule has 12 heavy (non-hydrogen) atoms. The Hall–Kier alpha value is -1.58. The fourth-order valence-electron chi connectivity index (χ4n) is 1.32. The van der Waals surface area contributed by atoms with E-state index < -0.39 is 0 Å². The summed E-state index contributed by atoms with van der Waals surface area (Å²) in [5, 5.41) is 0. The van der Waals surface area contributed by atoms with E-state index in [1.165, 1.54) is 11.9 Å². The topological polar surface area (TPSA) is 40.6 Å². The Labute approximate surface area is 69.7 Å². The molecule has 0 bridgehead atoms. The highest BCUT2D eigenvalue weighted by atomic mass is 16.2. The summed E-state index contributed by atoms with van der Waals surface area (Å²) < 4.78 is 0. The van der Waals surface area contributed by atoms with Gasteiger partial charge >= 0.3 is 6.03 Å². The highest BCUT2D eigenvalue weighted by Gasteiger charge is 2.38. The second kappa shape index (κ2) is 2.20. The lowest BCUT2D eigenvalue weighted by molar-refractivity contribution is -0.122. The minimum Gasteiger partial charge on any atom is -0.285 e. The van der Waals surface area contributed by atoms with E-state index in [2.05, 4.69) is 0 Å². The van der Waals surface area contributed by atoms with E-state index in [9.17, 15) is 9.59 Å². The van der Waals surface area contributed by atoms with Crippen LogP contribution in [0.25, 0.3) is 0 Å². The first-order valence-electron chi connectivity index (χ1n) is 3.68. The fraction of sp³-hybridized carbons (Fsp3) is 0.250. The largest absolute Gasteiger partial charge is 0.331 e. The normalized spacial score (nSPS) is 21.6. The van der Waals surface area contributed by atoms with Crippen LogP contribution in [-0.4, -0.2) is 35.3 Å². The van der Waals surface area contributed by atoms with Crippen LogP contribution in [-0.2, 0) is 4.79 Å². The zero-order valence-corrected chi connectivity index (χ0v) is 6.65. The van der Waals surface area contributed by atoms with Crippen molar-refractivity contribution in [3.05, 3.63) is 23.9 Å². The maximum absolute atomic E-state index is 11.3. The van der Waals surface area contributed by atoms with Crippen molar-refractivity contribution >= 4 is 11.9 Å². The maximum atomic E-state index is 11.3. The van der Waals surface area contributed by atoms with Crippen LogP contribution in [0.4, 0.5) is 4.79 Å². The Bertz CT molecular complexity index is 317. The average molecular weight is 164 g/mol. The molecule has 3 amide bonds. The molecule has 0 unspecified atom stereocenters. The molecule has 1 saturated heterocycles. The minimum atomic E-state index is -0.240. The lowest BCUT2D eigenvalue weighted by atomic mass is 10.3. The molecule has 0 aliphatic carbocycles. The number of imide groups is 1. The van der Waals surface area contributed by atoms with Gasteiger partial charge in [-0.15, -0.1) is 0 Å². The molecule has 0 saturated carbocycles. The molecule has 0 N–H and O–H groups in total. The summed E-state index contributed by atoms with van der Waals surface area (Å²) in [6.07, 6.45) is 5.29. The van der Waals surface area contributed by atoms with Crippen molar-refractivity contribution in [2.24, 2.45) is 0 Å². The molecule has 2 rings (SSSR count). The van der Waals surface area contributed by atoms with Gasteiger partial charge in [-0.05, 0) is 6.08 Å². The Morgan fingerprint density at radius 1 is 1.42 bits per heavy atom. The van der Waals surface area contributed by atoms with Crippen LogP contribution >= 0.6 is 0 Å². The molecule has 4 heteroatoms. The zero-order valence-electron chi connectivity index (χ0n) is 6.65. The molecule has 0 spiro atoms. The van der Waals surface area contributed by atoms with Gasteiger partial charge in [0.1, 0.15) is 5.70 Å². The van der Waals surface area contributed by atoms with E-state index in [0.29, 0.717) is 12.2 Å². The summed E-state index contributed by atoms with van der Waals surface area (Å²) in [6.45, 7) is 0.501. The molecule has 4 nitrogen and oxygen atoms in total. The van der Waals surface area contributed by atoms with Gasteiger partial charge < -0.3 is 0 Å². The average Bonchev–Trinajstić information content (AvgIpc) is 2.33. The molecule has 0 aromatic carbocycles. The highest BCUT2D eigenvalue weighted by Crippen LogP contribution is 2.21. The third kappa shape index (κ3) is 0.717. The number of carbonyl (C=O) groups is 2. The number of urea groups is 1. The lowest BCUT2D eigenvalue weighted by Crippen LogP contribution is -2.30. The third-order valence-corrected chi connectivity index (χ3v) is 2.01. The van der Waals surface area contributed by atoms with Gasteiger partial charge in [0, 0.05) is 13.6 Å². The van der Waals surface area contributed by atoms with Crippen LogP contribution in [0.15, 0.2) is 23.9 Å². The summed E-state index contributed by atoms with van der Waals surface area (Å²) in [7, 11) is 1.49. The van der Waals surface area contributed by atoms with E-state index in [1.54, 1.807) is 12.2 Å². The smallest absolute Gasteiger partial charge is 0.285 e. The number of rotatable bonds is 0. The quantitative estimate of drug-likeness (QED) is 0.484. The minimum absolute atomic E-state index is 0.218. The molecule has 0 atom stereocenters. The second-order valence-corrected chi connectivity index (χ2v) is 2.74. The van der Waals surface area contributed by atoms with Crippen molar-refractivity contribution in [1.29, 1.82) is 0 Å². The number of fused-ring (bicyclic) bond motifs is 1. The van der Waals surface area contributed by atoms with Gasteiger partial charge in [-0.2, -0.15) is 0 Å². The third-order valence-electron chi connectivity index (χ3n) is 2.01. The zero-order chi connectivity index (χ0) is 8.72. The van der Waals surface area contributed by atoms with E-state index >= 15 is 0 Å². The number of nitrogens with zero attached hydrogens (tertiary/aromatic N) is 2. The second-order valence-electron chi connectivity index (χ2n) is 2.74. The number of amides is 3. The Kier molecular flexibility index (Phi) is 1.30. The van der Waals surface area contributed by atoms with Gasteiger partial charge in [0.25, 0.3) is 5.91 Å². The van der Waals surface area contributed by atoms with Gasteiger partial charge in [-0.25, -0.2) is 4.79 Å². The van der Waals surface area contributed by atoms with Crippen LogP contribution in [0.2, 0.25) is 0 Å². The molecule has 2 aliphatic heterocycles. The van der Waals surface area contributed by atoms with Crippen molar-refractivity contribution in [3.8, 4) is 0 Å². The van der Waals surface area contributed by atoms with Crippen LogP contribution in [0, 0.1) is 0 Å². The van der Waals surface area contributed by atoms with Crippen LogP contribution in [0.1, 0.15) is 0 Å². The summed E-state index contributed by atoms with van der Waals surface area (Å²) in [6, 6.07) is -0.240. The van der Waals surface area contributed by atoms with Crippen LogP contribution in [0.3, 0.4) is 0 Å². The number of carbonyl (C=O) groups excluding carboxylic acids is 2. The first-order chi connectivity index (χ1) is 5.72. The fourth-order valence-corrected chi connectivity index (χ4v) is 1.32. The molecule has 2 aliphatic rings. The van der Waals surface area contributed by atoms with E-state index in [4.69, 9.17) is 0 Å². The van der Waals surface area contributed by atoms with Crippen molar-refractivity contribution in [2.45, 2.75) is 0 Å². The van der Waals surface area contributed by atoms with Gasteiger partial charge in [-0.3, -0.25) is 14.6 Å². The molecule has 62 valence electrons. The van der Waals surface area contributed by atoms with Gasteiger partial charge in [0.15, 0.2) is 0 Å². The number of hydrogen-bond donors (Lipinski definition) is 0. The monoisotopic (exact) mass is 164 g/mol.